The molecular formula is C24H20N6. The van der Waals surface area contributed by atoms with Crippen LogP contribution in [0.5, 0.6) is 0 Å². The Balaban J connectivity index is 1.60. The highest BCUT2D eigenvalue weighted by Crippen LogP contribution is 2.26. The van der Waals surface area contributed by atoms with Crippen LogP contribution in [-0.2, 0) is 0 Å². The van der Waals surface area contributed by atoms with Gasteiger partial charge < -0.3 is 0 Å². The van der Waals surface area contributed by atoms with E-state index < -0.39 is 0 Å². The van der Waals surface area contributed by atoms with E-state index in [0.717, 1.165) is 33.6 Å². The van der Waals surface area contributed by atoms with Crippen molar-refractivity contribution in [2.75, 3.05) is 0 Å². The summed E-state index contributed by atoms with van der Waals surface area (Å²) in [7, 11) is 0. The summed E-state index contributed by atoms with van der Waals surface area (Å²) in [6.07, 6.45) is 3.62. The van der Waals surface area contributed by atoms with E-state index in [4.69, 9.17) is 0 Å². The van der Waals surface area contributed by atoms with Crippen LogP contribution in [-0.4, -0.2) is 30.0 Å². The maximum Gasteiger partial charge on any atom is 0.172 e. The lowest BCUT2D eigenvalue weighted by molar-refractivity contribution is 0.399. The van der Waals surface area contributed by atoms with Crippen LogP contribution in [0, 0.1) is 6.92 Å². The second kappa shape index (κ2) is 7.75. The van der Waals surface area contributed by atoms with Crippen molar-refractivity contribution in [1.29, 1.82) is 0 Å². The van der Waals surface area contributed by atoms with Gasteiger partial charge >= 0.3 is 0 Å². The molecule has 2 heterocycles. The van der Waals surface area contributed by atoms with Crippen LogP contribution in [0.2, 0.25) is 0 Å². The largest absolute Gasteiger partial charge is 0.223 e. The van der Waals surface area contributed by atoms with Gasteiger partial charge in [0.2, 0.25) is 0 Å². The molecule has 2 aromatic heterocycles. The lowest BCUT2D eigenvalue weighted by Crippen LogP contribution is -2.22. The fourth-order valence-electron chi connectivity index (χ4n) is 3.56. The van der Waals surface area contributed by atoms with E-state index in [0.29, 0.717) is 0 Å². The summed E-state index contributed by atoms with van der Waals surface area (Å²) in [5.41, 5.74) is 5.92. The number of aryl methyl sites for hydroxylation is 1. The van der Waals surface area contributed by atoms with Crippen molar-refractivity contribution in [3.05, 3.63) is 108 Å². The first-order valence-corrected chi connectivity index (χ1v) is 9.79. The summed E-state index contributed by atoms with van der Waals surface area (Å²) in [5.74, 6) is 0. The Morgan fingerprint density at radius 1 is 0.600 bits per heavy atom. The van der Waals surface area contributed by atoms with Gasteiger partial charge in [-0.05, 0) is 12.5 Å². The molecule has 5 rings (SSSR count). The normalized spacial score (nSPS) is 11.1. The Labute approximate surface area is 174 Å². The van der Waals surface area contributed by atoms with Crippen molar-refractivity contribution in [1.82, 2.24) is 30.0 Å². The van der Waals surface area contributed by atoms with Crippen LogP contribution in [0.3, 0.4) is 0 Å². The van der Waals surface area contributed by atoms with Gasteiger partial charge in [0.05, 0.1) is 12.4 Å². The summed E-state index contributed by atoms with van der Waals surface area (Å²) in [6.45, 7) is 2.09. The van der Waals surface area contributed by atoms with Gasteiger partial charge in [-0.1, -0.05) is 95.4 Å². The standard InChI is InChI=1S/C24H20N6/c1-18-10-8-9-15-21(18)24(29-16-22(25-27-29)19-11-4-2-5-12-19)30-17-23(26-28-30)20-13-6-3-7-14-20/h2-17,24H,1H3. The lowest BCUT2D eigenvalue weighted by Gasteiger charge is -2.19. The van der Waals surface area contributed by atoms with Crippen LogP contribution >= 0.6 is 0 Å². The van der Waals surface area contributed by atoms with Gasteiger partial charge in [-0.2, -0.15) is 0 Å². The minimum atomic E-state index is -0.291. The molecule has 6 nitrogen and oxygen atoms in total. The lowest BCUT2D eigenvalue weighted by atomic mass is 10.1. The molecule has 0 saturated heterocycles. The maximum atomic E-state index is 4.45. The fourth-order valence-corrected chi connectivity index (χ4v) is 3.56. The van der Waals surface area contributed by atoms with Crippen LogP contribution in [0.4, 0.5) is 0 Å². The first-order chi connectivity index (χ1) is 14.8. The van der Waals surface area contributed by atoms with E-state index in [1.807, 2.05) is 94.6 Å². The third-order valence-corrected chi connectivity index (χ3v) is 5.13. The molecule has 0 amide bonds. The van der Waals surface area contributed by atoms with Crippen LogP contribution in [0.15, 0.2) is 97.3 Å². The van der Waals surface area contributed by atoms with Crippen molar-refractivity contribution in [2.24, 2.45) is 0 Å². The van der Waals surface area contributed by atoms with Crippen LogP contribution in [0.25, 0.3) is 22.5 Å². The minimum absolute atomic E-state index is 0.291. The third kappa shape index (κ3) is 3.39. The van der Waals surface area contributed by atoms with Crippen LogP contribution in [0.1, 0.15) is 17.3 Å². The number of benzene rings is 3. The molecule has 0 aliphatic rings. The van der Waals surface area contributed by atoms with E-state index in [9.17, 15) is 0 Å². The highest BCUT2D eigenvalue weighted by Gasteiger charge is 2.22. The second-order valence-electron chi connectivity index (χ2n) is 7.13. The fraction of sp³-hybridized carbons (Fsp3) is 0.0833. The van der Waals surface area contributed by atoms with Gasteiger partial charge in [0.1, 0.15) is 11.4 Å². The molecule has 0 aliphatic heterocycles. The van der Waals surface area contributed by atoms with Crippen molar-refractivity contribution < 1.29 is 0 Å². The minimum Gasteiger partial charge on any atom is -0.223 e. The molecule has 146 valence electrons. The summed E-state index contributed by atoms with van der Waals surface area (Å²) in [6, 6.07) is 28.3. The Morgan fingerprint density at radius 2 is 1.07 bits per heavy atom. The molecule has 0 bridgehead atoms. The summed E-state index contributed by atoms with van der Waals surface area (Å²) in [5, 5.41) is 17.7. The summed E-state index contributed by atoms with van der Waals surface area (Å²) >= 11 is 0. The Morgan fingerprint density at radius 3 is 1.57 bits per heavy atom. The van der Waals surface area contributed by atoms with E-state index in [1.165, 1.54) is 0 Å². The molecule has 0 saturated carbocycles. The van der Waals surface area contributed by atoms with E-state index in [1.54, 1.807) is 0 Å². The molecule has 0 spiro atoms. The molecule has 0 fully saturated rings. The average molecular weight is 392 g/mol. The van der Waals surface area contributed by atoms with E-state index in [2.05, 4.69) is 39.7 Å². The predicted molar refractivity (Wildman–Crippen MR) is 116 cm³/mol. The van der Waals surface area contributed by atoms with Gasteiger partial charge in [-0.3, -0.25) is 0 Å². The maximum absolute atomic E-state index is 4.45. The van der Waals surface area contributed by atoms with Crippen molar-refractivity contribution >= 4 is 0 Å². The molecule has 0 aliphatic carbocycles. The topological polar surface area (TPSA) is 61.4 Å². The highest BCUT2D eigenvalue weighted by molar-refractivity contribution is 5.58. The van der Waals surface area contributed by atoms with Crippen molar-refractivity contribution in [3.63, 3.8) is 0 Å². The number of hydrogen-bond donors (Lipinski definition) is 0. The summed E-state index contributed by atoms with van der Waals surface area (Å²) < 4.78 is 3.68. The molecular weight excluding hydrogens is 372 g/mol. The predicted octanol–water partition coefficient (Wildman–Crippen LogP) is 4.61. The highest BCUT2D eigenvalue weighted by atomic mass is 15.5. The van der Waals surface area contributed by atoms with Gasteiger partial charge in [-0.25, -0.2) is 9.36 Å². The molecule has 6 heteroatoms. The number of nitrogens with zero attached hydrogens (tertiary/aromatic N) is 6. The molecule has 3 aromatic carbocycles. The van der Waals surface area contributed by atoms with Crippen LogP contribution < -0.4 is 0 Å². The molecule has 5 aromatic rings. The Hall–Kier alpha value is -4.06. The zero-order chi connectivity index (χ0) is 20.3. The smallest absolute Gasteiger partial charge is 0.172 e. The van der Waals surface area contributed by atoms with Gasteiger partial charge in [0.25, 0.3) is 0 Å². The van der Waals surface area contributed by atoms with Gasteiger partial charge in [-0.15, -0.1) is 10.2 Å². The van der Waals surface area contributed by atoms with E-state index >= 15 is 0 Å². The second-order valence-corrected chi connectivity index (χ2v) is 7.13. The molecule has 0 unspecified atom stereocenters. The number of rotatable bonds is 5. The first kappa shape index (κ1) is 18.0. The molecule has 0 N–H and O–H groups in total. The Bertz CT molecular complexity index is 1180. The zero-order valence-corrected chi connectivity index (χ0v) is 16.5. The average Bonchev–Trinajstić information content (AvgIpc) is 3.47. The third-order valence-electron chi connectivity index (χ3n) is 5.13. The molecule has 30 heavy (non-hydrogen) atoms. The molecule has 0 atom stereocenters. The van der Waals surface area contributed by atoms with Gasteiger partial charge in [0.15, 0.2) is 6.17 Å². The first-order valence-electron chi connectivity index (χ1n) is 9.79. The van der Waals surface area contributed by atoms with E-state index in [-0.39, 0.29) is 6.17 Å². The number of hydrogen-bond acceptors (Lipinski definition) is 4. The summed E-state index contributed by atoms with van der Waals surface area (Å²) in [4.78, 5) is 0. The van der Waals surface area contributed by atoms with Crippen molar-refractivity contribution in [3.8, 4) is 22.5 Å². The SMILES string of the molecule is Cc1ccccc1C(n1cc(-c2ccccc2)nn1)n1cc(-c2ccccc2)nn1. The monoisotopic (exact) mass is 392 g/mol. The van der Waals surface area contributed by atoms with Gasteiger partial charge in [0, 0.05) is 16.7 Å². The quantitative estimate of drug-likeness (QED) is 0.438. The molecule has 0 radical (unpaired) electrons. The van der Waals surface area contributed by atoms with Crippen molar-refractivity contribution in [2.45, 2.75) is 13.1 Å². The Kier molecular flexibility index (Phi) is 4.65. The zero-order valence-electron chi connectivity index (χ0n) is 16.5. The number of aromatic nitrogens is 6.